The lowest BCUT2D eigenvalue weighted by molar-refractivity contribution is -0.120. The van der Waals surface area contributed by atoms with Crippen LogP contribution in [-0.4, -0.2) is 43.1 Å². The highest BCUT2D eigenvalue weighted by Gasteiger charge is 2.27. The molecule has 1 heterocycles. The fraction of sp³-hybridized carbons (Fsp3) is 0.429. The van der Waals surface area contributed by atoms with Gasteiger partial charge in [0.15, 0.2) is 0 Å². The fourth-order valence-corrected chi connectivity index (χ4v) is 2.02. The van der Waals surface area contributed by atoms with Gasteiger partial charge in [-0.25, -0.2) is 4.79 Å². The van der Waals surface area contributed by atoms with Gasteiger partial charge in [-0.3, -0.25) is 4.79 Å². The second-order valence-corrected chi connectivity index (χ2v) is 4.69. The molecule has 0 aromatic heterocycles. The molecular formula is C14H18N2O3. The number of likely N-dealkylation sites (N-methyl/N-ethyl adjacent to an activating group) is 1. The third-order valence-corrected chi connectivity index (χ3v) is 3.05. The molecule has 1 N–H and O–H groups in total. The van der Waals surface area contributed by atoms with Crippen LogP contribution in [0.5, 0.6) is 0 Å². The van der Waals surface area contributed by atoms with Crippen LogP contribution < -0.4 is 5.32 Å². The van der Waals surface area contributed by atoms with E-state index in [4.69, 9.17) is 4.74 Å². The van der Waals surface area contributed by atoms with E-state index >= 15 is 0 Å². The van der Waals surface area contributed by atoms with Crippen LogP contribution in [0.3, 0.4) is 0 Å². The summed E-state index contributed by atoms with van der Waals surface area (Å²) in [5.41, 5.74) is 0.993. The lowest BCUT2D eigenvalue weighted by Gasteiger charge is -2.09. The zero-order valence-corrected chi connectivity index (χ0v) is 11.0. The molecule has 102 valence electrons. The molecule has 2 rings (SSSR count). The SMILES string of the molecule is CN1CC(CCNC(=O)Cc2ccccc2)OC1=O. The molecule has 1 aromatic carbocycles. The van der Waals surface area contributed by atoms with Crippen LogP contribution in [-0.2, 0) is 16.0 Å². The minimum Gasteiger partial charge on any atom is -0.444 e. The van der Waals surface area contributed by atoms with E-state index in [1.54, 1.807) is 7.05 Å². The number of carbonyl (C=O) groups is 2. The second kappa shape index (κ2) is 6.22. The van der Waals surface area contributed by atoms with Crippen molar-refractivity contribution in [2.24, 2.45) is 0 Å². The van der Waals surface area contributed by atoms with E-state index < -0.39 is 0 Å². The molecule has 1 aromatic rings. The van der Waals surface area contributed by atoms with Crippen LogP contribution in [0.1, 0.15) is 12.0 Å². The summed E-state index contributed by atoms with van der Waals surface area (Å²) >= 11 is 0. The first-order chi connectivity index (χ1) is 9.15. The van der Waals surface area contributed by atoms with Crippen LogP contribution in [0.4, 0.5) is 4.79 Å². The first-order valence-corrected chi connectivity index (χ1v) is 6.37. The maximum Gasteiger partial charge on any atom is 0.409 e. The number of hydrogen-bond donors (Lipinski definition) is 1. The van der Waals surface area contributed by atoms with Crippen molar-refractivity contribution in [2.75, 3.05) is 20.1 Å². The Kier molecular flexibility index (Phi) is 4.39. The van der Waals surface area contributed by atoms with E-state index in [2.05, 4.69) is 5.32 Å². The maximum atomic E-state index is 11.7. The number of benzene rings is 1. The van der Waals surface area contributed by atoms with Crippen molar-refractivity contribution < 1.29 is 14.3 Å². The summed E-state index contributed by atoms with van der Waals surface area (Å²) in [5, 5.41) is 2.84. The number of rotatable bonds is 5. The second-order valence-electron chi connectivity index (χ2n) is 4.69. The highest BCUT2D eigenvalue weighted by Crippen LogP contribution is 2.11. The normalized spacial score (nSPS) is 18.3. The molecule has 0 bridgehead atoms. The average Bonchev–Trinajstić information content (AvgIpc) is 2.70. The van der Waals surface area contributed by atoms with Crippen molar-refractivity contribution in [1.82, 2.24) is 10.2 Å². The minimum atomic E-state index is -0.291. The Labute approximate surface area is 112 Å². The molecule has 0 aliphatic carbocycles. The maximum absolute atomic E-state index is 11.7. The van der Waals surface area contributed by atoms with Crippen molar-refractivity contribution in [3.8, 4) is 0 Å². The van der Waals surface area contributed by atoms with Gasteiger partial charge in [-0.15, -0.1) is 0 Å². The summed E-state index contributed by atoms with van der Waals surface area (Å²) in [6, 6.07) is 9.60. The molecular weight excluding hydrogens is 244 g/mol. The van der Waals surface area contributed by atoms with Gasteiger partial charge < -0.3 is 15.0 Å². The third-order valence-electron chi connectivity index (χ3n) is 3.05. The Hall–Kier alpha value is -2.04. The quantitative estimate of drug-likeness (QED) is 0.867. The van der Waals surface area contributed by atoms with Crippen molar-refractivity contribution in [2.45, 2.75) is 18.9 Å². The monoisotopic (exact) mass is 262 g/mol. The predicted molar refractivity (Wildman–Crippen MR) is 70.7 cm³/mol. The molecule has 0 spiro atoms. The minimum absolute atomic E-state index is 0.0103. The van der Waals surface area contributed by atoms with Crippen LogP contribution in [0.15, 0.2) is 30.3 Å². The van der Waals surface area contributed by atoms with Gasteiger partial charge in [0.1, 0.15) is 6.10 Å². The predicted octanol–water partition coefficient (Wildman–Crippen LogP) is 1.19. The Balaban J connectivity index is 1.66. The van der Waals surface area contributed by atoms with E-state index in [1.807, 2.05) is 30.3 Å². The van der Waals surface area contributed by atoms with Gasteiger partial charge >= 0.3 is 6.09 Å². The van der Waals surface area contributed by atoms with Gasteiger partial charge in [0.25, 0.3) is 0 Å². The molecule has 5 heteroatoms. The van der Waals surface area contributed by atoms with Crippen molar-refractivity contribution in [3.63, 3.8) is 0 Å². The van der Waals surface area contributed by atoms with E-state index in [1.165, 1.54) is 4.90 Å². The Bertz CT molecular complexity index is 447. The zero-order chi connectivity index (χ0) is 13.7. The van der Waals surface area contributed by atoms with Gasteiger partial charge in [-0.05, 0) is 5.56 Å². The molecule has 1 unspecified atom stereocenters. The molecule has 2 amide bonds. The number of nitrogens with one attached hydrogen (secondary N) is 1. The van der Waals surface area contributed by atoms with Gasteiger partial charge in [0, 0.05) is 20.0 Å². The summed E-state index contributed by atoms with van der Waals surface area (Å²) in [7, 11) is 1.70. The molecule has 1 saturated heterocycles. The highest BCUT2D eigenvalue weighted by atomic mass is 16.6. The number of hydrogen-bond acceptors (Lipinski definition) is 3. The number of carbonyl (C=O) groups excluding carboxylic acids is 2. The first-order valence-electron chi connectivity index (χ1n) is 6.37. The van der Waals surface area contributed by atoms with Gasteiger partial charge in [-0.1, -0.05) is 30.3 Å². The Morgan fingerprint density at radius 1 is 1.42 bits per heavy atom. The summed E-state index contributed by atoms with van der Waals surface area (Å²) < 4.78 is 5.11. The van der Waals surface area contributed by atoms with E-state index in [0.717, 1.165) is 5.56 Å². The number of nitrogens with zero attached hydrogens (tertiary/aromatic N) is 1. The molecule has 0 saturated carbocycles. The summed E-state index contributed by atoms with van der Waals surface area (Å²) in [6.07, 6.45) is 0.622. The number of cyclic esters (lactones) is 1. The smallest absolute Gasteiger partial charge is 0.409 e. The summed E-state index contributed by atoms with van der Waals surface area (Å²) in [6.45, 7) is 1.12. The topological polar surface area (TPSA) is 58.6 Å². The van der Waals surface area contributed by atoms with E-state index in [0.29, 0.717) is 25.9 Å². The van der Waals surface area contributed by atoms with E-state index in [-0.39, 0.29) is 18.1 Å². The molecule has 19 heavy (non-hydrogen) atoms. The highest BCUT2D eigenvalue weighted by molar-refractivity contribution is 5.78. The van der Waals surface area contributed by atoms with Crippen molar-refractivity contribution in [3.05, 3.63) is 35.9 Å². The lowest BCUT2D eigenvalue weighted by Crippen LogP contribution is -2.29. The molecule has 0 radical (unpaired) electrons. The summed E-state index contributed by atoms with van der Waals surface area (Å²) in [5.74, 6) is -0.0103. The van der Waals surface area contributed by atoms with Crippen LogP contribution in [0.25, 0.3) is 0 Å². The Morgan fingerprint density at radius 2 is 2.16 bits per heavy atom. The zero-order valence-electron chi connectivity index (χ0n) is 11.0. The van der Waals surface area contributed by atoms with Gasteiger partial charge in [-0.2, -0.15) is 0 Å². The van der Waals surface area contributed by atoms with Gasteiger partial charge in [0.05, 0.1) is 13.0 Å². The summed E-state index contributed by atoms with van der Waals surface area (Å²) in [4.78, 5) is 24.4. The molecule has 1 fully saturated rings. The largest absolute Gasteiger partial charge is 0.444 e. The fourth-order valence-electron chi connectivity index (χ4n) is 2.02. The lowest BCUT2D eigenvalue weighted by atomic mass is 10.1. The molecule has 1 atom stereocenters. The number of ether oxygens (including phenoxy) is 1. The molecule has 5 nitrogen and oxygen atoms in total. The molecule has 1 aliphatic rings. The van der Waals surface area contributed by atoms with Crippen LogP contribution in [0.2, 0.25) is 0 Å². The first kappa shape index (κ1) is 13.4. The average molecular weight is 262 g/mol. The standard InChI is InChI=1S/C14H18N2O3/c1-16-10-12(19-14(16)18)7-8-15-13(17)9-11-5-3-2-4-6-11/h2-6,12H,7-10H2,1H3,(H,15,17). The van der Waals surface area contributed by atoms with Crippen LogP contribution in [0, 0.1) is 0 Å². The molecule has 1 aliphatic heterocycles. The van der Waals surface area contributed by atoms with Gasteiger partial charge in [0.2, 0.25) is 5.91 Å². The Morgan fingerprint density at radius 3 is 2.79 bits per heavy atom. The van der Waals surface area contributed by atoms with Crippen molar-refractivity contribution in [1.29, 1.82) is 0 Å². The van der Waals surface area contributed by atoms with Crippen molar-refractivity contribution >= 4 is 12.0 Å². The van der Waals surface area contributed by atoms with Crippen LogP contribution >= 0.6 is 0 Å². The van der Waals surface area contributed by atoms with E-state index in [9.17, 15) is 9.59 Å². The number of amides is 2. The third kappa shape index (κ3) is 3.98.